The number of para-hydroxylation sites is 1. The van der Waals surface area contributed by atoms with Crippen molar-refractivity contribution in [2.75, 3.05) is 0 Å². The van der Waals surface area contributed by atoms with Crippen molar-refractivity contribution in [3.8, 4) is 5.75 Å². The van der Waals surface area contributed by atoms with Crippen LogP contribution in [0.15, 0.2) is 23.0 Å². The van der Waals surface area contributed by atoms with Gasteiger partial charge in [0.1, 0.15) is 11.3 Å². The quantitative estimate of drug-likeness (QED) is 0.839. The summed E-state index contributed by atoms with van der Waals surface area (Å²) < 4.78 is 1.64. The SMILES string of the molecule is CCC(=O)c1c(O)c2cccc3c2n(c1=O)CCC3. The summed E-state index contributed by atoms with van der Waals surface area (Å²) in [6.07, 6.45) is 2.00. The van der Waals surface area contributed by atoms with Gasteiger partial charge in [0.2, 0.25) is 0 Å². The van der Waals surface area contributed by atoms with E-state index in [1.165, 1.54) is 0 Å². The van der Waals surface area contributed by atoms with E-state index in [2.05, 4.69) is 0 Å². The summed E-state index contributed by atoms with van der Waals surface area (Å²) in [5, 5.41) is 10.9. The maximum Gasteiger partial charge on any atom is 0.265 e. The smallest absolute Gasteiger partial charge is 0.265 e. The van der Waals surface area contributed by atoms with Gasteiger partial charge in [-0.2, -0.15) is 0 Å². The van der Waals surface area contributed by atoms with Gasteiger partial charge in [-0.3, -0.25) is 9.59 Å². The standard InChI is InChI=1S/C15H15NO3/c1-2-11(17)12-14(18)10-7-3-5-9-6-4-8-16(13(9)10)15(12)19/h3,5,7,18H,2,4,6,8H2,1H3. The number of rotatable bonds is 2. The first kappa shape index (κ1) is 12.0. The number of aryl methyl sites for hydroxylation is 2. The predicted molar refractivity (Wildman–Crippen MR) is 72.8 cm³/mol. The molecule has 2 heterocycles. The van der Waals surface area contributed by atoms with Gasteiger partial charge in [0.25, 0.3) is 5.56 Å². The molecule has 0 amide bonds. The van der Waals surface area contributed by atoms with Crippen LogP contribution < -0.4 is 5.56 Å². The lowest BCUT2D eigenvalue weighted by Gasteiger charge is -2.21. The highest BCUT2D eigenvalue weighted by Gasteiger charge is 2.23. The van der Waals surface area contributed by atoms with Crippen LogP contribution in [0.5, 0.6) is 5.75 Å². The second-order valence-electron chi connectivity index (χ2n) is 4.87. The molecule has 0 radical (unpaired) electrons. The highest BCUT2D eigenvalue weighted by atomic mass is 16.3. The van der Waals surface area contributed by atoms with Crippen LogP contribution in [-0.4, -0.2) is 15.5 Å². The molecule has 3 rings (SSSR count). The van der Waals surface area contributed by atoms with Gasteiger partial charge >= 0.3 is 0 Å². The molecule has 0 bridgehead atoms. The molecular formula is C15H15NO3. The van der Waals surface area contributed by atoms with Crippen molar-refractivity contribution in [3.63, 3.8) is 0 Å². The summed E-state index contributed by atoms with van der Waals surface area (Å²) in [5.74, 6) is -0.462. The number of aromatic nitrogens is 1. The molecule has 98 valence electrons. The molecule has 0 unspecified atom stereocenters. The van der Waals surface area contributed by atoms with E-state index in [-0.39, 0.29) is 29.1 Å². The number of Topliss-reactive ketones (excluding diaryl/α,β-unsaturated/α-hetero) is 1. The number of carbonyl (C=O) groups excluding carboxylic acids is 1. The Balaban J connectivity index is 2.50. The molecule has 1 N–H and O–H groups in total. The highest BCUT2D eigenvalue weighted by molar-refractivity contribution is 6.03. The minimum atomic E-state index is -0.357. The molecule has 0 atom stereocenters. The lowest BCUT2D eigenvalue weighted by Crippen LogP contribution is -2.29. The molecule has 1 aromatic carbocycles. The average molecular weight is 257 g/mol. The maximum atomic E-state index is 12.4. The van der Waals surface area contributed by atoms with E-state index in [0.29, 0.717) is 11.9 Å². The van der Waals surface area contributed by atoms with Crippen LogP contribution in [0.1, 0.15) is 35.7 Å². The van der Waals surface area contributed by atoms with Gasteiger partial charge in [-0.25, -0.2) is 0 Å². The summed E-state index contributed by atoms with van der Waals surface area (Å²) >= 11 is 0. The topological polar surface area (TPSA) is 59.3 Å². The van der Waals surface area contributed by atoms with Crippen LogP contribution in [0, 0.1) is 0 Å². The Bertz CT molecular complexity index is 743. The van der Waals surface area contributed by atoms with Crippen LogP contribution in [0.2, 0.25) is 0 Å². The fourth-order valence-electron chi connectivity index (χ4n) is 2.84. The first-order valence-electron chi connectivity index (χ1n) is 6.55. The normalized spacial score (nSPS) is 13.7. The number of hydrogen-bond acceptors (Lipinski definition) is 3. The van der Waals surface area contributed by atoms with E-state index in [1.54, 1.807) is 17.6 Å². The largest absolute Gasteiger partial charge is 0.506 e. The zero-order valence-electron chi connectivity index (χ0n) is 10.8. The fraction of sp³-hybridized carbons (Fsp3) is 0.333. The molecular weight excluding hydrogens is 242 g/mol. The van der Waals surface area contributed by atoms with Gasteiger partial charge in [-0.05, 0) is 24.5 Å². The van der Waals surface area contributed by atoms with E-state index in [4.69, 9.17) is 0 Å². The molecule has 19 heavy (non-hydrogen) atoms. The van der Waals surface area contributed by atoms with E-state index in [0.717, 1.165) is 23.9 Å². The Kier molecular flexibility index (Phi) is 2.66. The molecule has 0 fully saturated rings. The van der Waals surface area contributed by atoms with Crippen LogP contribution in [-0.2, 0) is 13.0 Å². The molecule has 1 aliphatic rings. The Hall–Kier alpha value is -2.10. The number of ketones is 1. The minimum Gasteiger partial charge on any atom is -0.506 e. The number of nitrogens with zero attached hydrogens (tertiary/aromatic N) is 1. The van der Waals surface area contributed by atoms with E-state index in [9.17, 15) is 14.7 Å². The third kappa shape index (κ3) is 1.59. The molecule has 4 nitrogen and oxygen atoms in total. The van der Waals surface area contributed by atoms with Gasteiger partial charge in [0, 0.05) is 18.4 Å². The Labute approximate surface area is 110 Å². The molecule has 0 aliphatic carbocycles. The fourth-order valence-corrected chi connectivity index (χ4v) is 2.84. The van der Waals surface area contributed by atoms with Gasteiger partial charge in [-0.1, -0.05) is 19.1 Å². The maximum absolute atomic E-state index is 12.4. The van der Waals surface area contributed by atoms with Crippen LogP contribution >= 0.6 is 0 Å². The summed E-state index contributed by atoms with van der Waals surface area (Å²) in [7, 11) is 0. The van der Waals surface area contributed by atoms with Gasteiger partial charge in [0.15, 0.2) is 5.78 Å². The number of aromatic hydroxyl groups is 1. The summed E-state index contributed by atoms with van der Waals surface area (Å²) in [4.78, 5) is 24.3. The van der Waals surface area contributed by atoms with Crippen molar-refractivity contribution < 1.29 is 9.90 Å². The molecule has 2 aromatic rings. The third-order valence-corrected chi connectivity index (χ3v) is 3.77. The number of pyridine rings is 1. The average Bonchev–Trinajstić information content (AvgIpc) is 2.44. The van der Waals surface area contributed by atoms with Crippen LogP contribution in [0.4, 0.5) is 0 Å². The summed E-state index contributed by atoms with van der Waals surface area (Å²) in [6.45, 7) is 2.30. The van der Waals surface area contributed by atoms with Crippen molar-refractivity contribution in [2.45, 2.75) is 32.7 Å². The monoisotopic (exact) mass is 257 g/mol. The van der Waals surface area contributed by atoms with Crippen molar-refractivity contribution in [1.29, 1.82) is 0 Å². The Morgan fingerprint density at radius 3 is 2.95 bits per heavy atom. The van der Waals surface area contributed by atoms with Gasteiger partial charge in [-0.15, -0.1) is 0 Å². The van der Waals surface area contributed by atoms with Crippen LogP contribution in [0.25, 0.3) is 10.9 Å². The second kappa shape index (κ2) is 4.23. The van der Waals surface area contributed by atoms with E-state index >= 15 is 0 Å². The summed E-state index contributed by atoms with van der Waals surface area (Å²) in [6, 6.07) is 5.60. The molecule has 4 heteroatoms. The number of benzene rings is 1. The second-order valence-corrected chi connectivity index (χ2v) is 4.87. The zero-order chi connectivity index (χ0) is 13.6. The first-order chi connectivity index (χ1) is 9.15. The molecule has 1 aliphatic heterocycles. The van der Waals surface area contributed by atoms with Crippen LogP contribution in [0.3, 0.4) is 0 Å². The zero-order valence-corrected chi connectivity index (χ0v) is 10.8. The van der Waals surface area contributed by atoms with E-state index in [1.807, 2.05) is 12.1 Å². The minimum absolute atomic E-state index is 0.0611. The lowest BCUT2D eigenvalue weighted by molar-refractivity contribution is 0.0983. The molecule has 1 aromatic heterocycles. The molecule has 0 saturated carbocycles. The first-order valence-corrected chi connectivity index (χ1v) is 6.55. The van der Waals surface area contributed by atoms with Crippen molar-refractivity contribution in [1.82, 2.24) is 4.57 Å². The predicted octanol–water partition coefficient (Wildman–Crippen LogP) is 2.25. The number of carbonyl (C=O) groups is 1. The third-order valence-electron chi connectivity index (χ3n) is 3.77. The van der Waals surface area contributed by atoms with Gasteiger partial charge in [0.05, 0.1) is 5.52 Å². The molecule has 0 spiro atoms. The Morgan fingerprint density at radius 2 is 2.21 bits per heavy atom. The Morgan fingerprint density at radius 1 is 1.42 bits per heavy atom. The highest BCUT2D eigenvalue weighted by Crippen LogP contribution is 2.31. The number of hydrogen-bond donors (Lipinski definition) is 1. The van der Waals surface area contributed by atoms with Crippen molar-refractivity contribution in [2.24, 2.45) is 0 Å². The van der Waals surface area contributed by atoms with Crippen molar-refractivity contribution >= 4 is 16.7 Å². The summed E-state index contributed by atoms with van der Waals surface area (Å²) in [5.41, 5.74) is 1.42. The van der Waals surface area contributed by atoms with Crippen molar-refractivity contribution in [3.05, 3.63) is 39.7 Å². The van der Waals surface area contributed by atoms with E-state index < -0.39 is 0 Å². The van der Waals surface area contributed by atoms with Gasteiger partial charge < -0.3 is 9.67 Å². The lowest BCUT2D eigenvalue weighted by atomic mass is 9.98. The molecule has 0 saturated heterocycles.